The van der Waals surface area contributed by atoms with Crippen LogP contribution < -0.4 is 5.32 Å². The van der Waals surface area contributed by atoms with Gasteiger partial charge < -0.3 is 0 Å². The fourth-order valence-corrected chi connectivity index (χ4v) is 5.16. The smallest absolute Gasteiger partial charge is 0.259 e. The summed E-state index contributed by atoms with van der Waals surface area (Å²) in [6.45, 7) is 0.197. The minimum absolute atomic E-state index is 0.0243. The number of carbonyl (C=O) groups is 1. The Bertz CT molecular complexity index is 1380. The number of thiazole rings is 1. The molecule has 0 saturated carbocycles. The summed E-state index contributed by atoms with van der Waals surface area (Å²) < 4.78 is 27.4. The van der Waals surface area contributed by atoms with Gasteiger partial charge in [-0.2, -0.15) is 4.31 Å². The zero-order chi connectivity index (χ0) is 23.4. The number of hydrogen-bond acceptors (Lipinski definition) is 6. The number of nitrogens with zero attached hydrogens (tertiary/aromatic N) is 3. The van der Waals surface area contributed by atoms with Gasteiger partial charge in [-0.25, -0.2) is 13.4 Å². The second kappa shape index (κ2) is 9.80. The predicted molar refractivity (Wildman–Crippen MR) is 130 cm³/mol. The summed E-state index contributed by atoms with van der Waals surface area (Å²) in [7, 11) is -2.35. The lowest BCUT2D eigenvalue weighted by Gasteiger charge is -2.18. The lowest BCUT2D eigenvalue weighted by Crippen LogP contribution is -2.27. The van der Waals surface area contributed by atoms with Crippen molar-refractivity contribution in [3.8, 4) is 11.4 Å². The van der Waals surface area contributed by atoms with Crippen LogP contribution in [-0.4, -0.2) is 35.6 Å². The third-order valence-corrected chi connectivity index (χ3v) is 7.68. The fraction of sp³-hybridized carbons (Fsp3) is 0.0870. The highest BCUT2D eigenvalue weighted by atomic mass is 35.5. The van der Waals surface area contributed by atoms with Gasteiger partial charge in [-0.15, -0.1) is 11.3 Å². The first kappa shape index (κ1) is 23.1. The number of carbonyl (C=O) groups excluding carboxylic acids is 1. The van der Waals surface area contributed by atoms with Gasteiger partial charge in [0, 0.05) is 25.2 Å². The maximum atomic E-state index is 13.1. The van der Waals surface area contributed by atoms with E-state index in [0.717, 1.165) is 5.56 Å². The first-order valence-electron chi connectivity index (χ1n) is 9.83. The molecule has 0 aliphatic rings. The van der Waals surface area contributed by atoms with Crippen LogP contribution in [0.4, 0.5) is 5.13 Å². The van der Waals surface area contributed by atoms with Crippen molar-refractivity contribution in [2.24, 2.45) is 0 Å². The van der Waals surface area contributed by atoms with E-state index in [-0.39, 0.29) is 22.0 Å². The van der Waals surface area contributed by atoms with Crippen LogP contribution in [0.3, 0.4) is 0 Å². The van der Waals surface area contributed by atoms with E-state index < -0.39 is 15.9 Å². The van der Waals surface area contributed by atoms with Crippen LogP contribution in [0.1, 0.15) is 15.9 Å². The molecule has 0 spiro atoms. The van der Waals surface area contributed by atoms with Gasteiger partial charge in [-0.3, -0.25) is 15.1 Å². The monoisotopic (exact) mass is 498 g/mol. The number of amides is 1. The number of nitrogens with one attached hydrogen (secondary N) is 1. The highest BCUT2D eigenvalue weighted by Gasteiger charge is 2.24. The van der Waals surface area contributed by atoms with Gasteiger partial charge in [0.1, 0.15) is 5.69 Å². The SMILES string of the molecule is CN(Cc1ccccc1)S(=O)(=O)c1ccc(Cl)c(C(=O)Nc2nc(-c3ccccn3)cs2)c1. The average molecular weight is 499 g/mol. The van der Waals surface area contributed by atoms with E-state index in [1.807, 2.05) is 42.5 Å². The largest absolute Gasteiger partial charge is 0.298 e. The van der Waals surface area contributed by atoms with E-state index in [1.54, 1.807) is 17.6 Å². The molecule has 33 heavy (non-hydrogen) atoms. The molecule has 0 saturated heterocycles. The van der Waals surface area contributed by atoms with Crippen molar-refractivity contribution in [3.05, 3.63) is 94.5 Å². The minimum Gasteiger partial charge on any atom is -0.298 e. The summed E-state index contributed by atoms with van der Waals surface area (Å²) in [4.78, 5) is 21.5. The topological polar surface area (TPSA) is 92.3 Å². The summed E-state index contributed by atoms with van der Waals surface area (Å²) in [6.07, 6.45) is 1.66. The lowest BCUT2D eigenvalue weighted by atomic mass is 10.2. The standard InChI is InChI=1S/C23H19ClN4O3S2/c1-28(14-16-7-3-2-4-8-16)33(30,31)17-10-11-19(24)18(13-17)22(29)27-23-26-21(15-32-23)20-9-5-6-12-25-20/h2-13,15H,14H2,1H3,(H,26,27,29). The molecule has 0 radical (unpaired) electrons. The molecule has 1 amide bonds. The molecule has 2 aromatic heterocycles. The summed E-state index contributed by atoms with van der Waals surface area (Å²) in [6, 6.07) is 18.8. The molecule has 10 heteroatoms. The van der Waals surface area contributed by atoms with Crippen LogP contribution in [-0.2, 0) is 16.6 Å². The Morgan fingerprint density at radius 3 is 2.55 bits per heavy atom. The summed E-state index contributed by atoms with van der Waals surface area (Å²) in [5.74, 6) is -0.551. The molecule has 4 aromatic rings. The Labute approximate surface area is 200 Å². The lowest BCUT2D eigenvalue weighted by molar-refractivity contribution is 0.102. The molecule has 1 N–H and O–H groups in total. The van der Waals surface area contributed by atoms with Crippen LogP contribution in [0.5, 0.6) is 0 Å². The van der Waals surface area contributed by atoms with Crippen LogP contribution in [0, 0.1) is 0 Å². The molecule has 0 aliphatic heterocycles. The van der Waals surface area contributed by atoms with Crippen molar-refractivity contribution in [2.45, 2.75) is 11.4 Å². The van der Waals surface area contributed by atoms with Crippen molar-refractivity contribution >= 4 is 44.0 Å². The van der Waals surface area contributed by atoms with E-state index >= 15 is 0 Å². The van der Waals surface area contributed by atoms with E-state index in [1.165, 1.54) is 40.9 Å². The van der Waals surface area contributed by atoms with E-state index in [4.69, 9.17) is 11.6 Å². The Kier molecular flexibility index (Phi) is 6.85. The van der Waals surface area contributed by atoms with E-state index in [2.05, 4.69) is 15.3 Å². The highest BCUT2D eigenvalue weighted by Crippen LogP contribution is 2.27. The van der Waals surface area contributed by atoms with Crippen LogP contribution in [0.2, 0.25) is 5.02 Å². The van der Waals surface area contributed by atoms with Gasteiger partial charge in [0.25, 0.3) is 5.91 Å². The maximum Gasteiger partial charge on any atom is 0.259 e. The van der Waals surface area contributed by atoms with Gasteiger partial charge >= 0.3 is 0 Å². The molecule has 2 heterocycles. The number of aromatic nitrogens is 2. The van der Waals surface area contributed by atoms with E-state index in [9.17, 15) is 13.2 Å². The number of sulfonamides is 1. The van der Waals surface area contributed by atoms with Crippen molar-refractivity contribution in [3.63, 3.8) is 0 Å². The van der Waals surface area contributed by atoms with Gasteiger partial charge in [-0.1, -0.05) is 48.0 Å². The van der Waals surface area contributed by atoms with E-state index in [0.29, 0.717) is 16.5 Å². The zero-order valence-corrected chi connectivity index (χ0v) is 19.9. The number of benzene rings is 2. The molecule has 2 aromatic carbocycles. The maximum absolute atomic E-state index is 13.1. The molecule has 0 fully saturated rings. The number of halogens is 1. The van der Waals surface area contributed by atoms with Gasteiger partial charge in [-0.05, 0) is 35.9 Å². The van der Waals surface area contributed by atoms with Gasteiger partial charge in [0.2, 0.25) is 10.0 Å². The number of anilines is 1. The highest BCUT2D eigenvalue weighted by molar-refractivity contribution is 7.89. The third kappa shape index (κ3) is 5.28. The molecule has 7 nitrogen and oxygen atoms in total. The Balaban J connectivity index is 1.54. The first-order valence-corrected chi connectivity index (χ1v) is 12.5. The number of rotatable bonds is 7. The fourth-order valence-electron chi connectivity index (χ4n) is 3.07. The molecular formula is C23H19ClN4O3S2. The van der Waals surface area contributed by atoms with Crippen molar-refractivity contribution in [2.75, 3.05) is 12.4 Å². The van der Waals surface area contributed by atoms with Crippen molar-refractivity contribution < 1.29 is 13.2 Å². The number of hydrogen-bond donors (Lipinski definition) is 1. The third-order valence-electron chi connectivity index (χ3n) is 4.79. The minimum atomic E-state index is -3.84. The van der Waals surface area contributed by atoms with Crippen LogP contribution in [0.25, 0.3) is 11.4 Å². The molecule has 0 bridgehead atoms. The molecular weight excluding hydrogens is 480 g/mol. The van der Waals surface area contributed by atoms with Gasteiger partial charge in [0.15, 0.2) is 5.13 Å². The molecule has 4 rings (SSSR count). The second-order valence-corrected chi connectivity index (χ2v) is 10.4. The molecule has 0 atom stereocenters. The van der Waals surface area contributed by atoms with Gasteiger partial charge in [0.05, 0.1) is 21.2 Å². The second-order valence-electron chi connectivity index (χ2n) is 7.10. The Morgan fingerprint density at radius 1 is 1.06 bits per heavy atom. The summed E-state index contributed by atoms with van der Waals surface area (Å²) >= 11 is 7.46. The van der Waals surface area contributed by atoms with Crippen molar-refractivity contribution in [1.82, 2.24) is 14.3 Å². The summed E-state index contributed by atoms with van der Waals surface area (Å²) in [5, 5.41) is 4.95. The van der Waals surface area contributed by atoms with Crippen molar-refractivity contribution in [1.29, 1.82) is 0 Å². The van der Waals surface area contributed by atoms with Crippen LogP contribution in [0.15, 0.2) is 83.2 Å². The summed E-state index contributed by atoms with van der Waals surface area (Å²) in [5.41, 5.74) is 2.20. The predicted octanol–water partition coefficient (Wildman–Crippen LogP) is 4.93. The normalized spacial score (nSPS) is 11.5. The first-order chi connectivity index (χ1) is 15.8. The molecule has 0 aliphatic carbocycles. The Morgan fingerprint density at radius 2 is 1.82 bits per heavy atom. The average Bonchev–Trinajstić information content (AvgIpc) is 3.29. The number of pyridine rings is 1. The van der Waals surface area contributed by atoms with Crippen LogP contribution >= 0.6 is 22.9 Å². The zero-order valence-electron chi connectivity index (χ0n) is 17.5. The molecule has 0 unspecified atom stereocenters. The quantitative estimate of drug-likeness (QED) is 0.390. The Hall–Kier alpha value is -3.11. The molecule has 168 valence electrons.